The number of carbonyl (C=O) groups excluding carboxylic acids is 2. The number of carbonyl (C=O) groups is 2. The van der Waals surface area contributed by atoms with Crippen LogP contribution < -0.4 is 14.8 Å². The number of aromatic nitrogens is 3. The Morgan fingerprint density at radius 3 is 2.49 bits per heavy atom. The summed E-state index contributed by atoms with van der Waals surface area (Å²) in [7, 11) is 3.01. The van der Waals surface area contributed by atoms with E-state index in [2.05, 4.69) is 10.4 Å². The predicted octanol–water partition coefficient (Wildman–Crippen LogP) is 4.48. The number of hydrogen-bond acceptors (Lipinski definition) is 7. The molecule has 0 bridgehead atoms. The van der Waals surface area contributed by atoms with Gasteiger partial charge in [-0.15, -0.1) is 0 Å². The number of nitrogens with zero attached hydrogens (tertiary/aromatic N) is 3. The number of hydrogen-bond donors (Lipinski definition) is 1. The van der Waals surface area contributed by atoms with Crippen molar-refractivity contribution in [2.45, 2.75) is 20.8 Å². The average Bonchev–Trinajstić information content (AvgIpc) is 3.27. The zero-order valence-corrected chi connectivity index (χ0v) is 20.2. The quantitative estimate of drug-likeness (QED) is 0.394. The smallest absolute Gasteiger partial charge is 0.343 e. The maximum Gasteiger partial charge on any atom is 0.343 e. The molecule has 9 nitrogen and oxygen atoms in total. The highest BCUT2D eigenvalue weighted by Crippen LogP contribution is 2.29. The summed E-state index contributed by atoms with van der Waals surface area (Å²) in [6.45, 7) is 5.84. The summed E-state index contributed by atoms with van der Waals surface area (Å²) in [6, 6.07) is 12.6. The number of rotatable bonds is 7. The minimum atomic E-state index is -0.602. The van der Waals surface area contributed by atoms with E-state index in [-0.39, 0.29) is 18.0 Å². The largest absolute Gasteiger partial charge is 0.493 e. The predicted molar refractivity (Wildman–Crippen MR) is 132 cm³/mol. The second-order valence-electron chi connectivity index (χ2n) is 7.83. The number of fused-ring (bicyclic) bond motifs is 1. The van der Waals surface area contributed by atoms with E-state index in [1.807, 2.05) is 38.1 Å². The van der Waals surface area contributed by atoms with Gasteiger partial charge in [-0.2, -0.15) is 9.78 Å². The molecule has 0 fully saturated rings. The van der Waals surface area contributed by atoms with Gasteiger partial charge in [-0.25, -0.2) is 9.78 Å². The molecule has 0 aliphatic heterocycles. The number of benzene rings is 2. The molecule has 4 rings (SSSR count). The third kappa shape index (κ3) is 4.52. The number of nitrogens with one attached hydrogen (secondary N) is 1. The zero-order chi connectivity index (χ0) is 25.1. The zero-order valence-electron chi connectivity index (χ0n) is 20.2. The van der Waals surface area contributed by atoms with Gasteiger partial charge in [-0.1, -0.05) is 18.2 Å². The summed E-state index contributed by atoms with van der Waals surface area (Å²) in [5, 5.41) is 8.19. The fourth-order valence-electron chi connectivity index (χ4n) is 3.81. The molecule has 0 saturated heterocycles. The van der Waals surface area contributed by atoms with Crippen molar-refractivity contribution < 1.29 is 23.8 Å². The van der Waals surface area contributed by atoms with Gasteiger partial charge in [0.25, 0.3) is 5.91 Å². The van der Waals surface area contributed by atoms with Crippen LogP contribution in [0, 0.1) is 13.8 Å². The molecular weight excluding hydrogens is 448 g/mol. The minimum Gasteiger partial charge on any atom is -0.493 e. The number of aryl methyl sites for hydroxylation is 2. The molecule has 0 atom stereocenters. The highest BCUT2D eigenvalue weighted by molar-refractivity contribution is 6.07. The standard InChI is InChI=1S/C26H26N4O5/c1-6-35-26(32)19-14-27-30(22-12-16(3)18-9-7-8-15(2)23(18)28-22)24(19)29-25(31)17-10-11-20(33-4)21(13-17)34-5/h7-14H,6H2,1-5H3,(H,29,31). The maximum absolute atomic E-state index is 13.2. The van der Waals surface area contributed by atoms with Gasteiger partial charge in [0, 0.05) is 10.9 Å². The molecule has 0 saturated carbocycles. The van der Waals surface area contributed by atoms with E-state index in [1.165, 1.54) is 25.1 Å². The summed E-state index contributed by atoms with van der Waals surface area (Å²) in [5.41, 5.74) is 3.22. The Morgan fingerprint density at radius 2 is 1.77 bits per heavy atom. The van der Waals surface area contributed by atoms with E-state index >= 15 is 0 Å². The van der Waals surface area contributed by atoms with Gasteiger partial charge < -0.3 is 19.5 Å². The second kappa shape index (κ2) is 9.84. The van der Waals surface area contributed by atoms with E-state index in [1.54, 1.807) is 25.1 Å². The van der Waals surface area contributed by atoms with Crippen molar-refractivity contribution in [1.29, 1.82) is 0 Å². The number of pyridine rings is 1. The normalized spacial score (nSPS) is 10.8. The lowest BCUT2D eigenvalue weighted by Gasteiger charge is -2.14. The lowest BCUT2D eigenvalue weighted by molar-refractivity contribution is 0.0527. The van der Waals surface area contributed by atoms with Crippen LogP contribution in [0.25, 0.3) is 16.7 Å². The highest BCUT2D eigenvalue weighted by atomic mass is 16.5. The van der Waals surface area contributed by atoms with Crippen LogP contribution in [-0.2, 0) is 4.74 Å². The lowest BCUT2D eigenvalue weighted by atomic mass is 10.1. The Morgan fingerprint density at radius 1 is 1.00 bits per heavy atom. The van der Waals surface area contributed by atoms with Crippen molar-refractivity contribution in [2.75, 3.05) is 26.1 Å². The van der Waals surface area contributed by atoms with Crippen LogP contribution in [0.15, 0.2) is 48.7 Å². The van der Waals surface area contributed by atoms with Crippen LogP contribution >= 0.6 is 0 Å². The Kier molecular flexibility index (Phi) is 6.68. The van der Waals surface area contributed by atoms with E-state index < -0.39 is 11.9 Å². The van der Waals surface area contributed by atoms with E-state index in [4.69, 9.17) is 19.2 Å². The number of para-hydroxylation sites is 1. The van der Waals surface area contributed by atoms with Gasteiger partial charge in [0.2, 0.25) is 0 Å². The van der Waals surface area contributed by atoms with Crippen molar-refractivity contribution in [3.63, 3.8) is 0 Å². The SMILES string of the molecule is CCOC(=O)c1cnn(-c2cc(C)c3cccc(C)c3n2)c1NC(=O)c1ccc(OC)c(OC)c1. The van der Waals surface area contributed by atoms with Gasteiger partial charge in [-0.05, 0) is 56.2 Å². The van der Waals surface area contributed by atoms with Crippen molar-refractivity contribution in [3.05, 3.63) is 70.9 Å². The van der Waals surface area contributed by atoms with Crippen LogP contribution in [0.3, 0.4) is 0 Å². The van der Waals surface area contributed by atoms with Crippen LogP contribution in [0.5, 0.6) is 11.5 Å². The second-order valence-corrected chi connectivity index (χ2v) is 7.83. The third-order valence-electron chi connectivity index (χ3n) is 5.59. The summed E-state index contributed by atoms with van der Waals surface area (Å²) >= 11 is 0. The molecule has 0 aliphatic carbocycles. The summed E-state index contributed by atoms with van der Waals surface area (Å²) in [5.74, 6) is 0.446. The number of amides is 1. The van der Waals surface area contributed by atoms with Crippen molar-refractivity contribution in [3.8, 4) is 17.3 Å². The van der Waals surface area contributed by atoms with Crippen molar-refractivity contribution >= 4 is 28.6 Å². The summed E-state index contributed by atoms with van der Waals surface area (Å²) < 4.78 is 17.2. The molecule has 2 heterocycles. The highest BCUT2D eigenvalue weighted by Gasteiger charge is 2.23. The molecule has 0 aliphatic rings. The van der Waals surface area contributed by atoms with Crippen LogP contribution in [0.4, 0.5) is 5.82 Å². The average molecular weight is 475 g/mol. The number of ether oxygens (including phenoxy) is 3. The number of anilines is 1. The molecular formula is C26H26N4O5. The van der Waals surface area contributed by atoms with Gasteiger partial charge in [0.05, 0.1) is 32.5 Å². The first-order valence-corrected chi connectivity index (χ1v) is 11.0. The van der Waals surface area contributed by atoms with E-state index in [0.717, 1.165) is 22.0 Å². The monoisotopic (exact) mass is 474 g/mol. The lowest BCUT2D eigenvalue weighted by Crippen LogP contribution is -2.18. The molecule has 180 valence electrons. The van der Waals surface area contributed by atoms with Gasteiger partial charge in [-0.3, -0.25) is 4.79 Å². The molecule has 4 aromatic rings. The molecule has 2 aromatic heterocycles. The molecule has 35 heavy (non-hydrogen) atoms. The molecule has 2 aromatic carbocycles. The fraction of sp³-hybridized carbons (Fsp3) is 0.231. The van der Waals surface area contributed by atoms with Crippen LogP contribution in [-0.4, -0.2) is 47.5 Å². The molecule has 0 radical (unpaired) electrons. The summed E-state index contributed by atoms with van der Waals surface area (Å²) in [4.78, 5) is 30.6. The Labute approximate surface area is 202 Å². The third-order valence-corrected chi connectivity index (χ3v) is 5.59. The summed E-state index contributed by atoms with van der Waals surface area (Å²) in [6.07, 6.45) is 1.36. The first kappa shape index (κ1) is 23.7. The number of methoxy groups -OCH3 is 2. The Bertz CT molecular complexity index is 1430. The van der Waals surface area contributed by atoms with Gasteiger partial charge in [0.1, 0.15) is 5.56 Å². The first-order valence-electron chi connectivity index (χ1n) is 11.0. The van der Waals surface area contributed by atoms with E-state index in [0.29, 0.717) is 22.9 Å². The van der Waals surface area contributed by atoms with Gasteiger partial charge >= 0.3 is 5.97 Å². The fourth-order valence-corrected chi connectivity index (χ4v) is 3.81. The number of esters is 1. The molecule has 1 N–H and O–H groups in total. The van der Waals surface area contributed by atoms with Crippen molar-refractivity contribution in [1.82, 2.24) is 14.8 Å². The van der Waals surface area contributed by atoms with E-state index in [9.17, 15) is 9.59 Å². The molecule has 0 spiro atoms. The molecule has 1 amide bonds. The van der Waals surface area contributed by atoms with Gasteiger partial charge in [0.15, 0.2) is 23.1 Å². The topological polar surface area (TPSA) is 105 Å². The van der Waals surface area contributed by atoms with Crippen molar-refractivity contribution in [2.24, 2.45) is 0 Å². The van der Waals surface area contributed by atoms with Crippen LogP contribution in [0.2, 0.25) is 0 Å². The minimum absolute atomic E-state index is 0.116. The van der Waals surface area contributed by atoms with Crippen LogP contribution in [0.1, 0.15) is 38.8 Å². The molecule has 9 heteroatoms. The Hall–Kier alpha value is -4.40. The first-order chi connectivity index (χ1) is 16.9. The molecule has 0 unspecified atom stereocenters. The maximum atomic E-state index is 13.2. The Balaban J connectivity index is 1.81.